The largest absolute Gasteiger partial charge is 0.496 e. The monoisotopic (exact) mass is 193 g/mol. The number of hydrogen-bond acceptors (Lipinski definition) is 3. The first-order chi connectivity index (χ1) is 6.86. The second kappa shape index (κ2) is 3.78. The van der Waals surface area contributed by atoms with Crippen LogP contribution in [0.4, 0.5) is 0 Å². The summed E-state index contributed by atoms with van der Waals surface area (Å²) in [5, 5.41) is 3.20. The van der Waals surface area contributed by atoms with Gasteiger partial charge in [0.05, 0.1) is 19.8 Å². The van der Waals surface area contributed by atoms with Crippen molar-refractivity contribution in [2.24, 2.45) is 0 Å². The van der Waals surface area contributed by atoms with E-state index in [1.165, 1.54) is 5.57 Å². The summed E-state index contributed by atoms with van der Waals surface area (Å²) in [7, 11) is 3.39. The molecule has 2 aliphatic rings. The highest BCUT2D eigenvalue weighted by atomic mass is 16.5. The number of hydrogen-bond donors (Lipinski definition) is 1. The molecular weight excluding hydrogens is 178 g/mol. The van der Waals surface area contributed by atoms with E-state index in [9.17, 15) is 0 Å². The number of methoxy groups -OCH3 is 2. The SMILES string of the molecule is COC1=CCCC2=C1C(OC)=CNC2. The molecule has 0 atom stereocenters. The van der Waals surface area contributed by atoms with E-state index in [-0.39, 0.29) is 0 Å². The minimum absolute atomic E-state index is 0.874. The molecule has 0 saturated heterocycles. The fourth-order valence-electron chi connectivity index (χ4n) is 1.94. The summed E-state index contributed by atoms with van der Waals surface area (Å²) in [6.07, 6.45) is 6.17. The molecule has 3 heteroatoms. The molecule has 14 heavy (non-hydrogen) atoms. The fraction of sp³-hybridized carbons (Fsp3) is 0.455. The van der Waals surface area contributed by atoms with Gasteiger partial charge >= 0.3 is 0 Å². The van der Waals surface area contributed by atoms with Crippen LogP contribution in [0.2, 0.25) is 0 Å². The van der Waals surface area contributed by atoms with Crippen LogP contribution in [0.15, 0.2) is 34.9 Å². The van der Waals surface area contributed by atoms with Gasteiger partial charge in [-0.1, -0.05) is 0 Å². The van der Waals surface area contributed by atoms with E-state index in [0.29, 0.717) is 0 Å². The molecule has 0 aromatic heterocycles. The van der Waals surface area contributed by atoms with Crippen LogP contribution in [-0.4, -0.2) is 20.8 Å². The van der Waals surface area contributed by atoms with Gasteiger partial charge in [0.15, 0.2) is 0 Å². The van der Waals surface area contributed by atoms with Gasteiger partial charge in [0, 0.05) is 12.7 Å². The van der Waals surface area contributed by atoms with Crippen molar-refractivity contribution in [2.45, 2.75) is 12.8 Å². The first-order valence-corrected chi connectivity index (χ1v) is 4.81. The molecule has 0 radical (unpaired) electrons. The third kappa shape index (κ3) is 1.39. The van der Waals surface area contributed by atoms with E-state index in [1.54, 1.807) is 14.2 Å². The maximum atomic E-state index is 5.35. The van der Waals surface area contributed by atoms with Gasteiger partial charge in [-0.3, -0.25) is 0 Å². The molecule has 0 saturated carbocycles. The van der Waals surface area contributed by atoms with Crippen LogP contribution in [0.1, 0.15) is 12.8 Å². The first kappa shape index (κ1) is 9.19. The summed E-state index contributed by atoms with van der Waals surface area (Å²) >= 11 is 0. The lowest BCUT2D eigenvalue weighted by Crippen LogP contribution is -2.22. The normalized spacial score (nSPS) is 20.4. The summed E-state index contributed by atoms with van der Waals surface area (Å²) < 4.78 is 10.7. The van der Waals surface area contributed by atoms with Crippen molar-refractivity contribution >= 4 is 0 Å². The average Bonchev–Trinajstić information content (AvgIpc) is 2.27. The van der Waals surface area contributed by atoms with Crippen molar-refractivity contribution in [1.29, 1.82) is 0 Å². The minimum atomic E-state index is 0.874. The van der Waals surface area contributed by atoms with Crippen LogP contribution >= 0.6 is 0 Å². The zero-order chi connectivity index (χ0) is 9.97. The molecule has 76 valence electrons. The second-order valence-corrected chi connectivity index (χ2v) is 3.38. The molecule has 0 spiro atoms. The Bertz CT molecular complexity index is 296. The Morgan fingerprint density at radius 2 is 2.00 bits per heavy atom. The minimum Gasteiger partial charge on any atom is -0.496 e. The number of dihydropyridines is 1. The van der Waals surface area contributed by atoms with Crippen LogP contribution in [0, 0.1) is 0 Å². The van der Waals surface area contributed by atoms with Crippen molar-refractivity contribution in [2.75, 3.05) is 20.8 Å². The van der Waals surface area contributed by atoms with Gasteiger partial charge in [0.1, 0.15) is 11.5 Å². The summed E-state index contributed by atoms with van der Waals surface area (Å²) in [6, 6.07) is 0. The Morgan fingerprint density at radius 1 is 1.21 bits per heavy atom. The van der Waals surface area contributed by atoms with Crippen molar-refractivity contribution in [1.82, 2.24) is 5.32 Å². The Kier molecular flexibility index (Phi) is 2.48. The summed E-state index contributed by atoms with van der Waals surface area (Å²) in [4.78, 5) is 0. The number of allylic oxidation sites excluding steroid dienone is 1. The first-order valence-electron chi connectivity index (χ1n) is 4.81. The summed E-state index contributed by atoms with van der Waals surface area (Å²) in [6.45, 7) is 0.906. The highest BCUT2D eigenvalue weighted by molar-refractivity contribution is 5.48. The fourth-order valence-corrected chi connectivity index (χ4v) is 1.94. The zero-order valence-corrected chi connectivity index (χ0v) is 8.59. The van der Waals surface area contributed by atoms with Crippen molar-refractivity contribution in [3.8, 4) is 0 Å². The third-order valence-corrected chi connectivity index (χ3v) is 2.61. The van der Waals surface area contributed by atoms with Crippen molar-refractivity contribution in [3.63, 3.8) is 0 Å². The molecule has 2 rings (SSSR count). The van der Waals surface area contributed by atoms with E-state index in [4.69, 9.17) is 9.47 Å². The zero-order valence-electron chi connectivity index (χ0n) is 8.59. The summed E-state index contributed by atoms with van der Waals surface area (Å²) in [5.41, 5.74) is 2.52. The maximum absolute atomic E-state index is 5.35. The Labute approximate surface area is 84.1 Å². The van der Waals surface area contributed by atoms with Gasteiger partial charge < -0.3 is 14.8 Å². The van der Waals surface area contributed by atoms with Gasteiger partial charge in [0.2, 0.25) is 0 Å². The Morgan fingerprint density at radius 3 is 2.71 bits per heavy atom. The molecular formula is C11H15NO2. The van der Waals surface area contributed by atoms with E-state index in [0.717, 1.165) is 36.5 Å². The third-order valence-electron chi connectivity index (χ3n) is 2.61. The highest BCUT2D eigenvalue weighted by Gasteiger charge is 2.23. The van der Waals surface area contributed by atoms with Crippen LogP contribution in [-0.2, 0) is 9.47 Å². The molecule has 0 unspecified atom stereocenters. The topological polar surface area (TPSA) is 30.5 Å². The molecule has 1 aliphatic heterocycles. The molecule has 1 N–H and O–H groups in total. The molecule has 0 aromatic carbocycles. The van der Waals surface area contributed by atoms with Gasteiger partial charge in [-0.15, -0.1) is 0 Å². The Balaban J connectivity index is 2.38. The number of ether oxygens (including phenoxy) is 2. The van der Waals surface area contributed by atoms with E-state index in [1.807, 2.05) is 6.20 Å². The molecule has 0 aromatic rings. The lowest BCUT2D eigenvalue weighted by Gasteiger charge is -2.25. The van der Waals surface area contributed by atoms with E-state index < -0.39 is 0 Å². The van der Waals surface area contributed by atoms with Crippen LogP contribution < -0.4 is 5.32 Å². The summed E-state index contributed by atoms with van der Waals surface area (Å²) in [5.74, 6) is 1.82. The second-order valence-electron chi connectivity index (χ2n) is 3.38. The van der Waals surface area contributed by atoms with E-state index in [2.05, 4.69) is 11.4 Å². The van der Waals surface area contributed by atoms with Gasteiger partial charge in [-0.25, -0.2) is 0 Å². The van der Waals surface area contributed by atoms with Crippen LogP contribution in [0.5, 0.6) is 0 Å². The van der Waals surface area contributed by atoms with Crippen molar-refractivity contribution in [3.05, 3.63) is 34.9 Å². The van der Waals surface area contributed by atoms with Gasteiger partial charge in [-0.2, -0.15) is 0 Å². The smallest absolute Gasteiger partial charge is 0.145 e. The standard InChI is InChI=1S/C11H15NO2/c1-13-9-5-3-4-8-6-12-7-10(14-2)11(8)9/h5,7,12H,3-4,6H2,1-2H3. The molecule has 1 aliphatic carbocycles. The number of rotatable bonds is 2. The molecule has 0 bridgehead atoms. The Hall–Kier alpha value is -1.38. The van der Waals surface area contributed by atoms with Gasteiger partial charge in [0.25, 0.3) is 0 Å². The van der Waals surface area contributed by atoms with Crippen molar-refractivity contribution < 1.29 is 9.47 Å². The van der Waals surface area contributed by atoms with E-state index >= 15 is 0 Å². The lowest BCUT2D eigenvalue weighted by molar-refractivity contribution is 0.262. The molecule has 0 amide bonds. The predicted octanol–water partition coefficient (Wildman–Crippen LogP) is 1.70. The highest BCUT2D eigenvalue weighted by Crippen LogP contribution is 2.32. The predicted molar refractivity (Wildman–Crippen MR) is 54.4 cm³/mol. The lowest BCUT2D eigenvalue weighted by atomic mass is 9.93. The quantitative estimate of drug-likeness (QED) is 0.724. The maximum Gasteiger partial charge on any atom is 0.145 e. The molecule has 0 fully saturated rings. The van der Waals surface area contributed by atoms with Crippen LogP contribution in [0.3, 0.4) is 0 Å². The average molecular weight is 193 g/mol. The number of nitrogens with one attached hydrogen (secondary N) is 1. The molecule has 1 heterocycles. The van der Waals surface area contributed by atoms with Gasteiger partial charge in [-0.05, 0) is 24.5 Å². The van der Waals surface area contributed by atoms with Crippen LogP contribution in [0.25, 0.3) is 0 Å². The molecule has 3 nitrogen and oxygen atoms in total.